The van der Waals surface area contributed by atoms with Crippen molar-refractivity contribution < 1.29 is 19.4 Å². The van der Waals surface area contributed by atoms with Crippen molar-refractivity contribution in [3.63, 3.8) is 0 Å². The summed E-state index contributed by atoms with van der Waals surface area (Å²) in [5.74, 6) is -1.04. The number of nitrogens with zero attached hydrogens (tertiary/aromatic N) is 2. The van der Waals surface area contributed by atoms with Gasteiger partial charge in [-0.05, 0) is 32.0 Å². The third-order valence-electron chi connectivity index (χ3n) is 3.89. The Labute approximate surface area is 171 Å². The maximum atomic E-state index is 12.1. The maximum absolute atomic E-state index is 12.1. The van der Waals surface area contributed by atoms with Gasteiger partial charge in [0.1, 0.15) is 0 Å². The number of aryl methyl sites for hydroxylation is 1. The summed E-state index contributed by atoms with van der Waals surface area (Å²) in [7, 11) is 0. The highest BCUT2D eigenvalue weighted by Gasteiger charge is 2.21. The van der Waals surface area contributed by atoms with E-state index in [0.29, 0.717) is 11.4 Å². The number of hydrogen-bond acceptors (Lipinski definition) is 7. The zero-order chi connectivity index (χ0) is 22.3. The lowest BCUT2D eigenvalue weighted by Crippen LogP contribution is -2.37. The van der Waals surface area contributed by atoms with E-state index in [9.17, 15) is 29.8 Å². The minimum atomic E-state index is -0.788. The van der Waals surface area contributed by atoms with Crippen LogP contribution in [0.5, 0.6) is 0 Å². The molecule has 2 rings (SSSR count). The molecule has 0 aliphatic rings. The van der Waals surface area contributed by atoms with Gasteiger partial charge in [0.05, 0.1) is 22.3 Å². The second kappa shape index (κ2) is 9.78. The molecule has 11 heteroatoms. The number of rotatable bonds is 8. The summed E-state index contributed by atoms with van der Waals surface area (Å²) in [6.45, 7) is 3.47. The number of nitro groups is 2. The SMILES string of the molecule is CC(=CC(=O)Nc1ccc(C)cc1)NNC(=O)Cc1ccc([N+](=O)[O-])cc1[N+](=O)[O-]. The summed E-state index contributed by atoms with van der Waals surface area (Å²) in [5.41, 5.74) is 5.89. The Morgan fingerprint density at radius 2 is 1.67 bits per heavy atom. The van der Waals surface area contributed by atoms with Crippen LogP contribution in [0, 0.1) is 27.2 Å². The molecule has 0 saturated carbocycles. The maximum Gasteiger partial charge on any atom is 0.279 e. The lowest BCUT2D eigenvalue weighted by molar-refractivity contribution is -0.394. The summed E-state index contributed by atoms with van der Waals surface area (Å²) >= 11 is 0. The van der Waals surface area contributed by atoms with Gasteiger partial charge in [-0.1, -0.05) is 17.7 Å². The van der Waals surface area contributed by atoms with Crippen molar-refractivity contribution >= 4 is 28.9 Å². The zero-order valence-corrected chi connectivity index (χ0v) is 16.2. The second-order valence-corrected chi connectivity index (χ2v) is 6.36. The Morgan fingerprint density at radius 3 is 2.27 bits per heavy atom. The van der Waals surface area contributed by atoms with Crippen LogP contribution >= 0.6 is 0 Å². The number of hydrogen-bond donors (Lipinski definition) is 3. The second-order valence-electron chi connectivity index (χ2n) is 6.36. The Morgan fingerprint density at radius 1 is 1.00 bits per heavy atom. The molecule has 0 aliphatic heterocycles. The molecule has 30 heavy (non-hydrogen) atoms. The van der Waals surface area contributed by atoms with Gasteiger partial charge in [0, 0.05) is 29.1 Å². The third kappa shape index (κ3) is 6.41. The van der Waals surface area contributed by atoms with Crippen LogP contribution in [0.1, 0.15) is 18.1 Å². The molecule has 0 unspecified atom stereocenters. The van der Waals surface area contributed by atoms with Gasteiger partial charge in [-0.3, -0.25) is 35.2 Å². The van der Waals surface area contributed by atoms with E-state index in [0.717, 1.165) is 23.8 Å². The van der Waals surface area contributed by atoms with Gasteiger partial charge < -0.3 is 10.7 Å². The monoisotopic (exact) mass is 413 g/mol. The molecular weight excluding hydrogens is 394 g/mol. The van der Waals surface area contributed by atoms with E-state index in [1.54, 1.807) is 19.1 Å². The predicted molar refractivity (Wildman–Crippen MR) is 108 cm³/mol. The molecular formula is C19H19N5O6. The topological polar surface area (TPSA) is 157 Å². The lowest BCUT2D eigenvalue weighted by atomic mass is 10.1. The summed E-state index contributed by atoms with van der Waals surface area (Å²) in [6.07, 6.45) is 0.846. The molecule has 0 fully saturated rings. The molecule has 2 amide bonds. The van der Waals surface area contributed by atoms with Gasteiger partial charge in [-0.2, -0.15) is 0 Å². The number of carbonyl (C=O) groups excluding carboxylic acids is 2. The van der Waals surface area contributed by atoms with Gasteiger partial charge in [0.2, 0.25) is 11.8 Å². The van der Waals surface area contributed by atoms with Gasteiger partial charge in [0.25, 0.3) is 11.4 Å². The van der Waals surface area contributed by atoms with Crippen LogP contribution in [-0.4, -0.2) is 21.7 Å². The number of anilines is 1. The fraction of sp³-hybridized carbons (Fsp3) is 0.158. The molecule has 11 nitrogen and oxygen atoms in total. The lowest BCUT2D eigenvalue weighted by Gasteiger charge is -2.09. The smallest absolute Gasteiger partial charge is 0.279 e. The number of carbonyl (C=O) groups is 2. The van der Waals surface area contributed by atoms with Crippen LogP contribution in [0.25, 0.3) is 0 Å². The van der Waals surface area contributed by atoms with Crippen LogP contribution in [-0.2, 0) is 16.0 Å². The van der Waals surface area contributed by atoms with Gasteiger partial charge >= 0.3 is 0 Å². The van der Waals surface area contributed by atoms with Crippen LogP contribution in [0.15, 0.2) is 54.2 Å². The Kier molecular flexibility index (Phi) is 7.17. The molecule has 2 aromatic rings. The Hall–Kier alpha value is -4.28. The fourth-order valence-electron chi connectivity index (χ4n) is 2.42. The molecule has 0 radical (unpaired) electrons. The van der Waals surface area contributed by atoms with Crippen LogP contribution in [0.2, 0.25) is 0 Å². The highest BCUT2D eigenvalue weighted by atomic mass is 16.6. The zero-order valence-electron chi connectivity index (χ0n) is 16.2. The molecule has 2 aromatic carbocycles. The largest absolute Gasteiger partial charge is 0.322 e. The van der Waals surface area contributed by atoms with Gasteiger partial charge in [0.15, 0.2) is 0 Å². The highest BCUT2D eigenvalue weighted by molar-refractivity contribution is 5.99. The van der Waals surface area contributed by atoms with Crippen molar-refractivity contribution in [2.24, 2.45) is 0 Å². The quantitative estimate of drug-likeness (QED) is 0.341. The molecule has 0 saturated heterocycles. The normalized spacial score (nSPS) is 10.8. The molecule has 0 bridgehead atoms. The van der Waals surface area contributed by atoms with E-state index in [-0.39, 0.29) is 12.0 Å². The van der Waals surface area contributed by atoms with Gasteiger partial charge in [-0.25, -0.2) is 0 Å². The van der Waals surface area contributed by atoms with Crippen LogP contribution in [0.3, 0.4) is 0 Å². The highest BCUT2D eigenvalue weighted by Crippen LogP contribution is 2.24. The molecule has 3 N–H and O–H groups in total. The van der Waals surface area contributed by atoms with E-state index >= 15 is 0 Å². The van der Waals surface area contributed by atoms with Crippen LogP contribution in [0.4, 0.5) is 17.1 Å². The van der Waals surface area contributed by atoms with E-state index < -0.39 is 33.0 Å². The van der Waals surface area contributed by atoms with E-state index in [1.807, 2.05) is 19.1 Å². The molecule has 0 spiro atoms. The van der Waals surface area contributed by atoms with E-state index in [1.165, 1.54) is 6.08 Å². The van der Waals surface area contributed by atoms with Crippen molar-refractivity contribution in [3.8, 4) is 0 Å². The van der Waals surface area contributed by atoms with Crippen molar-refractivity contribution in [3.05, 3.63) is 85.6 Å². The van der Waals surface area contributed by atoms with Crippen LogP contribution < -0.4 is 16.2 Å². The Balaban J connectivity index is 1.94. The minimum Gasteiger partial charge on any atom is -0.322 e. The number of non-ortho nitro benzene ring substituents is 1. The van der Waals surface area contributed by atoms with Crippen molar-refractivity contribution in [2.45, 2.75) is 20.3 Å². The number of allylic oxidation sites excluding steroid dienone is 1. The predicted octanol–water partition coefficient (Wildman–Crippen LogP) is 2.52. The summed E-state index contributed by atoms with van der Waals surface area (Å²) in [4.78, 5) is 44.4. The molecule has 0 aromatic heterocycles. The number of amides is 2. The van der Waals surface area contributed by atoms with Crippen molar-refractivity contribution in [1.82, 2.24) is 10.9 Å². The van der Waals surface area contributed by atoms with E-state index in [2.05, 4.69) is 16.2 Å². The fourth-order valence-corrected chi connectivity index (χ4v) is 2.42. The number of benzene rings is 2. The third-order valence-corrected chi connectivity index (χ3v) is 3.89. The number of nitro benzene ring substituents is 2. The molecule has 156 valence electrons. The summed E-state index contributed by atoms with van der Waals surface area (Å²) in [6, 6.07) is 10.3. The molecule has 0 aliphatic carbocycles. The Bertz CT molecular complexity index is 1020. The first-order valence-electron chi connectivity index (χ1n) is 8.68. The number of nitrogens with one attached hydrogen (secondary N) is 3. The number of hydrazine groups is 1. The van der Waals surface area contributed by atoms with E-state index in [4.69, 9.17) is 0 Å². The summed E-state index contributed by atoms with van der Waals surface area (Å²) < 4.78 is 0. The molecule has 0 atom stereocenters. The van der Waals surface area contributed by atoms with Gasteiger partial charge in [-0.15, -0.1) is 0 Å². The first-order chi connectivity index (χ1) is 14.2. The van der Waals surface area contributed by atoms with Crippen molar-refractivity contribution in [2.75, 3.05) is 5.32 Å². The average molecular weight is 413 g/mol. The first-order valence-corrected chi connectivity index (χ1v) is 8.68. The standard InChI is InChI=1S/C19H19N5O6/c1-12-3-6-15(7-4-12)20-18(25)9-13(2)21-22-19(26)10-14-5-8-16(23(27)28)11-17(14)24(29)30/h3-9,11,21H,10H2,1-2H3,(H,20,25)(H,22,26). The average Bonchev–Trinajstić information content (AvgIpc) is 2.68. The summed E-state index contributed by atoms with van der Waals surface area (Å²) in [5, 5.41) is 24.5. The van der Waals surface area contributed by atoms with Crippen molar-refractivity contribution in [1.29, 1.82) is 0 Å². The first kappa shape index (κ1) is 22.0. The molecule has 0 heterocycles. The minimum absolute atomic E-state index is 0.0173.